The molecule has 0 bridgehead atoms. The second-order valence-electron chi connectivity index (χ2n) is 5.57. The molecule has 0 saturated heterocycles. The van der Waals surface area contributed by atoms with E-state index in [-0.39, 0.29) is 11.3 Å². The van der Waals surface area contributed by atoms with Crippen LogP contribution in [0.15, 0.2) is 48.7 Å². The number of nitro groups is 1. The zero-order chi connectivity index (χ0) is 17.3. The number of amides is 1. The molecule has 24 heavy (non-hydrogen) atoms. The highest BCUT2D eigenvalue weighted by atomic mass is 16.6. The number of carbonyl (C=O) groups is 1. The predicted molar refractivity (Wildman–Crippen MR) is 92.0 cm³/mol. The Balaban J connectivity index is 1.91. The van der Waals surface area contributed by atoms with Gasteiger partial charge in [-0.1, -0.05) is 6.07 Å². The van der Waals surface area contributed by atoms with E-state index in [1.807, 2.05) is 42.4 Å². The van der Waals surface area contributed by atoms with E-state index in [0.717, 1.165) is 16.6 Å². The Morgan fingerprint density at radius 2 is 2.04 bits per heavy atom. The molecular formula is C17H16N4O3. The lowest BCUT2D eigenvalue weighted by Gasteiger charge is -2.19. The van der Waals surface area contributed by atoms with Gasteiger partial charge in [-0.3, -0.25) is 14.9 Å². The number of nitrogens with one attached hydrogen (secondary N) is 1. The lowest BCUT2D eigenvalue weighted by Crippen LogP contribution is -2.18. The van der Waals surface area contributed by atoms with E-state index in [4.69, 9.17) is 5.73 Å². The van der Waals surface area contributed by atoms with E-state index < -0.39 is 10.8 Å². The smallest absolute Gasteiger partial charge is 0.275 e. The molecule has 3 rings (SSSR count). The molecule has 0 atom stereocenters. The molecule has 0 spiro atoms. The molecule has 0 unspecified atom stereocenters. The van der Waals surface area contributed by atoms with Crippen molar-refractivity contribution >= 4 is 28.2 Å². The predicted octanol–water partition coefficient (Wildman–Crippen LogP) is 2.81. The molecule has 0 radical (unpaired) electrons. The number of anilines is 1. The van der Waals surface area contributed by atoms with Crippen molar-refractivity contribution in [1.29, 1.82) is 0 Å². The van der Waals surface area contributed by atoms with Crippen molar-refractivity contribution < 1.29 is 9.72 Å². The summed E-state index contributed by atoms with van der Waals surface area (Å²) in [6, 6.07) is 12.2. The summed E-state index contributed by atoms with van der Waals surface area (Å²) in [5.74, 6) is -0.685. The normalized spacial score (nSPS) is 10.7. The first-order chi connectivity index (χ1) is 11.5. The highest BCUT2D eigenvalue weighted by Gasteiger charge is 2.18. The summed E-state index contributed by atoms with van der Waals surface area (Å²) in [4.78, 5) is 27.1. The topological polar surface area (TPSA) is 105 Å². The van der Waals surface area contributed by atoms with Gasteiger partial charge in [0.1, 0.15) is 0 Å². The lowest BCUT2D eigenvalue weighted by molar-refractivity contribution is -0.385. The van der Waals surface area contributed by atoms with Gasteiger partial charge < -0.3 is 15.6 Å². The minimum Gasteiger partial charge on any atom is -0.370 e. The Morgan fingerprint density at radius 3 is 2.75 bits per heavy atom. The molecule has 0 fully saturated rings. The fourth-order valence-electron chi connectivity index (χ4n) is 2.64. The van der Waals surface area contributed by atoms with Gasteiger partial charge in [0.05, 0.1) is 4.92 Å². The monoisotopic (exact) mass is 324 g/mol. The highest BCUT2D eigenvalue weighted by Crippen LogP contribution is 2.25. The molecule has 0 saturated carbocycles. The Bertz CT molecular complexity index is 932. The number of fused-ring (bicyclic) bond motifs is 1. The van der Waals surface area contributed by atoms with Crippen molar-refractivity contribution in [2.24, 2.45) is 5.73 Å². The average Bonchev–Trinajstić information content (AvgIpc) is 3.02. The summed E-state index contributed by atoms with van der Waals surface area (Å²) in [6.45, 7) is 0.335. The van der Waals surface area contributed by atoms with Gasteiger partial charge in [-0.2, -0.15) is 0 Å². The Labute approximate surface area is 137 Å². The van der Waals surface area contributed by atoms with Crippen LogP contribution in [0.3, 0.4) is 0 Å². The summed E-state index contributed by atoms with van der Waals surface area (Å²) >= 11 is 0. The van der Waals surface area contributed by atoms with Crippen molar-refractivity contribution in [3.8, 4) is 0 Å². The zero-order valence-corrected chi connectivity index (χ0v) is 13.0. The first-order valence-corrected chi connectivity index (χ1v) is 7.31. The highest BCUT2D eigenvalue weighted by molar-refractivity contribution is 5.93. The molecule has 7 heteroatoms. The minimum atomic E-state index is -0.685. The number of hydrogen-bond donors (Lipinski definition) is 2. The van der Waals surface area contributed by atoms with Crippen LogP contribution >= 0.6 is 0 Å². The summed E-state index contributed by atoms with van der Waals surface area (Å²) in [5, 5.41) is 12.4. The third-order valence-electron chi connectivity index (χ3n) is 3.95. The van der Waals surface area contributed by atoms with Crippen LogP contribution in [0.25, 0.3) is 10.9 Å². The van der Waals surface area contributed by atoms with Gasteiger partial charge in [0.2, 0.25) is 5.91 Å². The maximum atomic E-state index is 11.3. The number of H-pyrrole nitrogens is 1. The summed E-state index contributed by atoms with van der Waals surface area (Å²) in [6.07, 6.45) is 1.86. The second kappa shape index (κ2) is 6.04. The van der Waals surface area contributed by atoms with Gasteiger partial charge in [0.15, 0.2) is 0 Å². The third kappa shape index (κ3) is 2.91. The van der Waals surface area contributed by atoms with Gasteiger partial charge in [0, 0.05) is 48.2 Å². The van der Waals surface area contributed by atoms with Gasteiger partial charge >= 0.3 is 0 Å². The molecule has 0 aliphatic rings. The molecule has 2 aromatic carbocycles. The molecule has 7 nitrogen and oxygen atoms in total. The SMILES string of the molecule is CN(Cc1ccc(C(N)=O)cc1[N+](=O)[O-])c1ccc2cc[nH]c2c1. The molecule has 3 N–H and O–H groups in total. The summed E-state index contributed by atoms with van der Waals surface area (Å²) < 4.78 is 0. The maximum Gasteiger partial charge on any atom is 0.275 e. The number of rotatable bonds is 5. The van der Waals surface area contributed by atoms with Crippen molar-refractivity contribution in [3.05, 3.63) is 69.9 Å². The van der Waals surface area contributed by atoms with E-state index >= 15 is 0 Å². The zero-order valence-electron chi connectivity index (χ0n) is 13.0. The number of nitro benzene ring substituents is 1. The van der Waals surface area contributed by atoms with Gasteiger partial charge in [-0.25, -0.2) is 0 Å². The van der Waals surface area contributed by atoms with Crippen LogP contribution in [0.2, 0.25) is 0 Å². The molecular weight excluding hydrogens is 308 g/mol. The quantitative estimate of drug-likeness (QED) is 0.556. The van der Waals surface area contributed by atoms with E-state index in [2.05, 4.69) is 4.98 Å². The van der Waals surface area contributed by atoms with Gasteiger partial charge in [-0.05, 0) is 35.7 Å². The number of nitrogens with two attached hydrogens (primary N) is 1. The first-order valence-electron chi connectivity index (χ1n) is 7.31. The lowest BCUT2D eigenvalue weighted by atomic mass is 10.1. The fraction of sp³-hybridized carbons (Fsp3) is 0.118. The molecule has 122 valence electrons. The van der Waals surface area contributed by atoms with Crippen molar-refractivity contribution in [1.82, 2.24) is 4.98 Å². The number of primary amides is 1. The van der Waals surface area contributed by atoms with E-state index in [1.54, 1.807) is 6.07 Å². The largest absolute Gasteiger partial charge is 0.370 e. The summed E-state index contributed by atoms with van der Waals surface area (Å²) in [7, 11) is 1.86. The molecule has 1 aromatic heterocycles. The van der Waals surface area contributed by atoms with Crippen molar-refractivity contribution in [2.75, 3.05) is 11.9 Å². The second-order valence-corrected chi connectivity index (χ2v) is 5.57. The number of benzene rings is 2. The van der Waals surface area contributed by atoms with Crippen LogP contribution in [0.4, 0.5) is 11.4 Å². The molecule has 0 aliphatic carbocycles. The molecule has 3 aromatic rings. The number of aromatic amines is 1. The maximum absolute atomic E-state index is 11.3. The van der Waals surface area contributed by atoms with Crippen LogP contribution in [-0.4, -0.2) is 22.9 Å². The van der Waals surface area contributed by atoms with Crippen molar-refractivity contribution in [2.45, 2.75) is 6.54 Å². The number of carbonyl (C=O) groups excluding carboxylic acids is 1. The van der Waals surface area contributed by atoms with Crippen LogP contribution in [0.5, 0.6) is 0 Å². The van der Waals surface area contributed by atoms with Crippen LogP contribution < -0.4 is 10.6 Å². The Morgan fingerprint density at radius 1 is 1.25 bits per heavy atom. The van der Waals surface area contributed by atoms with Crippen molar-refractivity contribution in [3.63, 3.8) is 0 Å². The Kier molecular flexibility index (Phi) is 3.91. The molecule has 1 heterocycles. The standard InChI is InChI=1S/C17H16N4O3/c1-20(14-5-4-11-6-7-19-15(11)9-14)10-13-3-2-12(17(18)22)8-16(13)21(23)24/h2-9,19H,10H2,1H3,(H2,18,22). The van der Waals surface area contributed by atoms with Gasteiger partial charge in [-0.15, -0.1) is 0 Å². The van der Waals surface area contributed by atoms with Crippen LogP contribution in [0.1, 0.15) is 15.9 Å². The van der Waals surface area contributed by atoms with Crippen LogP contribution in [0, 0.1) is 10.1 Å². The number of hydrogen-bond acceptors (Lipinski definition) is 4. The molecule has 0 aliphatic heterocycles. The fourth-order valence-corrected chi connectivity index (χ4v) is 2.64. The van der Waals surface area contributed by atoms with E-state index in [9.17, 15) is 14.9 Å². The third-order valence-corrected chi connectivity index (χ3v) is 3.95. The first kappa shape index (κ1) is 15.5. The van der Waals surface area contributed by atoms with E-state index in [0.29, 0.717) is 12.1 Å². The molecule has 1 amide bonds. The number of nitrogens with zero attached hydrogens (tertiary/aromatic N) is 2. The van der Waals surface area contributed by atoms with E-state index in [1.165, 1.54) is 12.1 Å². The van der Waals surface area contributed by atoms with Crippen LogP contribution in [-0.2, 0) is 6.54 Å². The Hall–Kier alpha value is -3.35. The minimum absolute atomic E-state index is 0.112. The van der Waals surface area contributed by atoms with Gasteiger partial charge in [0.25, 0.3) is 5.69 Å². The summed E-state index contributed by atoms with van der Waals surface area (Å²) in [5.41, 5.74) is 7.65. The average molecular weight is 324 g/mol. The number of aromatic nitrogens is 1.